The Balaban J connectivity index is 1.15. The van der Waals surface area contributed by atoms with Gasteiger partial charge in [0.1, 0.15) is 23.3 Å². The van der Waals surface area contributed by atoms with Crippen LogP contribution in [0.4, 0.5) is 13.2 Å². The molecule has 1 amide bonds. The number of amides is 1. The molecule has 5 rings (SSSR count). The maximum atomic E-state index is 14.7. The van der Waals surface area contributed by atoms with E-state index in [2.05, 4.69) is 10.2 Å². The Labute approximate surface area is 213 Å². The summed E-state index contributed by atoms with van der Waals surface area (Å²) in [5, 5.41) is 9.31. The van der Waals surface area contributed by atoms with Crippen molar-refractivity contribution in [1.82, 2.24) is 19.8 Å². The van der Waals surface area contributed by atoms with E-state index in [0.29, 0.717) is 55.4 Å². The molecule has 1 aromatic heterocycles. The second-order valence-corrected chi connectivity index (χ2v) is 9.78. The SMILES string of the molecule is Cc1nnc(C)n1-c1ccc(OCC2CCC(C(=O)N3OCC[C@H]3c3cc(F)cc(F)c3)CC2)c(F)c1. The van der Waals surface area contributed by atoms with Gasteiger partial charge < -0.3 is 4.74 Å². The van der Waals surface area contributed by atoms with Crippen molar-refractivity contribution in [3.05, 3.63) is 71.1 Å². The lowest BCUT2D eigenvalue weighted by Crippen LogP contribution is -2.37. The number of carbonyl (C=O) groups is 1. The fraction of sp³-hybridized carbons (Fsp3) is 0.444. The van der Waals surface area contributed by atoms with Crippen molar-refractivity contribution >= 4 is 5.91 Å². The first kappa shape index (κ1) is 25.3. The molecule has 1 aliphatic carbocycles. The minimum atomic E-state index is -0.676. The van der Waals surface area contributed by atoms with Crippen LogP contribution in [0.1, 0.15) is 55.4 Å². The maximum absolute atomic E-state index is 14.7. The smallest absolute Gasteiger partial charge is 0.249 e. The third kappa shape index (κ3) is 5.34. The highest BCUT2D eigenvalue weighted by Crippen LogP contribution is 2.37. The molecule has 1 saturated carbocycles. The molecule has 1 atom stereocenters. The molecule has 7 nitrogen and oxygen atoms in total. The molecule has 37 heavy (non-hydrogen) atoms. The fourth-order valence-electron chi connectivity index (χ4n) is 5.31. The third-order valence-corrected chi connectivity index (χ3v) is 7.22. The number of hydrogen-bond donors (Lipinski definition) is 0. The van der Waals surface area contributed by atoms with Gasteiger partial charge in [-0.3, -0.25) is 14.2 Å². The molecule has 3 aromatic rings. The average Bonchev–Trinajstić information content (AvgIpc) is 3.49. The molecule has 0 radical (unpaired) electrons. The summed E-state index contributed by atoms with van der Waals surface area (Å²) in [6, 6.07) is 7.59. The molecule has 0 unspecified atom stereocenters. The molecule has 2 aromatic carbocycles. The number of carbonyl (C=O) groups excluding carboxylic acids is 1. The molecule has 0 spiro atoms. The number of aryl methyl sites for hydroxylation is 2. The molecule has 1 aliphatic heterocycles. The molecule has 2 aliphatic rings. The van der Waals surface area contributed by atoms with E-state index in [0.717, 1.165) is 18.9 Å². The number of ether oxygens (including phenoxy) is 1. The average molecular weight is 515 g/mol. The number of hydrogen-bond acceptors (Lipinski definition) is 5. The van der Waals surface area contributed by atoms with E-state index >= 15 is 0 Å². The molecular formula is C27H29F3N4O3. The fourth-order valence-corrected chi connectivity index (χ4v) is 5.31. The Morgan fingerprint density at radius 2 is 1.65 bits per heavy atom. The number of hydroxylamine groups is 2. The zero-order chi connectivity index (χ0) is 26.1. The maximum Gasteiger partial charge on any atom is 0.249 e. The van der Waals surface area contributed by atoms with Crippen molar-refractivity contribution in [2.75, 3.05) is 13.2 Å². The van der Waals surface area contributed by atoms with Gasteiger partial charge in [-0.05, 0) is 75.3 Å². The van der Waals surface area contributed by atoms with Gasteiger partial charge in [0.2, 0.25) is 5.91 Å². The zero-order valence-electron chi connectivity index (χ0n) is 20.8. The number of halogens is 3. The minimum absolute atomic E-state index is 0.159. The molecule has 196 valence electrons. The van der Waals surface area contributed by atoms with Gasteiger partial charge in [-0.15, -0.1) is 10.2 Å². The van der Waals surface area contributed by atoms with Crippen molar-refractivity contribution in [2.24, 2.45) is 11.8 Å². The molecule has 2 fully saturated rings. The van der Waals surface area contributed by atoms with Crippen LogP contribution in [0.15, 0.2) is 36.4 Å². The van der Waals surface area contributed by atoms with Crippen LogP contribution >= 0.6 is 0 Å². The highest BCUT2D eigenvalue weighted by Gasteiger charge is 2.37. The van der Waals surface area contributed by atoms with Crippen molar-refractivity contribution in [2.45, 2.75) is 52.0 Å². The summed E-state index contributed by atoms with van der Waals surface area (Å²) in [4.78, 5) is 18.8. The van der Waals surface area contributed by atoms with Gasteiger partial charge in [-0.2, -0.15) is 0 Å². The number of aromatic nitrogens is 3. The van der Waals surface area contributed by atoms with Gasteiger partial charge in [0, 0.05) is 24.5 Å². The van der Waals surface area contributed by atoms with Crippen LogP contribution in [-0.4, -0.2) is 38.9 Å². The van der Waals surface area contributed by atoms with Crippen LogP contribution in [-0.2, 0) is 9.63 Å². The van der Waals surface area contributed by atoms with Crippen molar-refractivity contribution < 1.29 is 27.5 Å². The summed E-state index contributed by atoms with van der Waals surface area (Å²) in [6.45, 7) is 4.28. The predicted molar refractivity (Wildman–Crippen MR) is 128 cm³/mol. The monoisotopic (exact) mass is 514 g/mol. The Morgan fingerprint density at radius 3 is 2.30 bits per heavy atom. The van der Waals surface area contributed by atoms with E-state index in [1.54, 1.807) is 30.5 Å². The summed E-state index contributed by atoms with van der Waals surface area (Å²) in [5.41, 5.74) is 1.03. The van der Waals surface area contributed by atoms with E-state index in [1.807, 2.05) is 0 Å². The highest BCUT2D eigenvalue weighted by atomic mass is 19.1. The topological polar surface area (TPSA) is 69.5 Å². The van der Waals surface area contributed by atoms with E-state index in [1.165, 1.54) is 23.3 Å². The Morgan fingerprint density at radius 1 is 0.973 bits per heavy atom. The second kappa shape index (κ2) is 10.5. The second-order valence-electron chi connectivity index (χ2n) is 9.78. The van der Waals surface area contributed by atoms with Gasteiger partial charge in [0.15, 0.2) is 11.6 Å². The largest absolute Gasteiger partial charge is 0.490 e. The molecule has 0 N–H and O–H groups in total. The lowest BCUT2D eigenvalue weighted by atomic mass is 9.81. The van der Waals surface area contributed by atoms with Crippen LogP contribution in [0.2, 0.25) is 0 Å². The van der Waals surface area contributed by atoms with Gasteiger partial charge >= 0.3 is 0 Å². The van der Waals surface area contributed by atoms with Crippen LogP contribution < -0.4 is 4.74 Å². The van der Waals surface area contributed by atoms with E-state index in [-0.39, 0.29) is 23.5 Å². The molecule has 2 heterocycles. The van der Waals surface area contributed by atoms with Gasteiger partial charge in [-0.1, -0.05) is 0 Å². The van der Waals surface area contributed by atoms with Gasteiger partial charge in [0.25, 0.3) is 0 Å². The predicted octanol–water partition coefficient (Wildman–Crippen LogP) is 5.39. The number of benzene rings is 2. The normalized spacial score (nSPS) is 21.9. The van der Waals surface area contributed by atoms with Crippen molar-refractivity contribution in [3.63, 3.8) is 0 Å². The van der Waals surface area contributed by atoms with Gasteiger partial charge in [-0.25, -0.2) is 18.2 Å². The quantitative estimate of drug-likeness (QED) is 0.441. The number of rotatable bonds is 6. The van der Waals surface area contributed by atoms with Crippen LogP contribution in [0.25, 0.3) is 5.69 Å². The van der Waals surface area contributed by atoms with Gasteiger partial charge in [0.05, 0.1) is 24.9 Å². The lowest BCUT2D eigenvalue weighted by Gasteiger charge is -2.32. The highest BCUT2D eigenvalue weighted by molar-refractivity contribution is 5.78. The van der Waals surface area contributed by atoms with E-state index in [9.17, 15) is 18.0 Å². The van der Waals surface area contributed by atoms with Crippen LogP contribution in [0.3, 0.4) is 0 Å². The Hall–Kier alpha value is -3.40. The lowest BCUT2D eigenvalue weighted by molar-refractivity contribution is -0.183. The Kier molecular flexibility index (Phi) is 7.19. The summed E-state index contributed by atoms with van der Waals surface area (Å²) in [7, 11) is 0. The molecule has 10 heteroatoms. The Bertz CT molecular complexity index is 1250. The summed E-state index contributed by atoms with van der Waals surface area (Å²) in [5.74, 6) is -0.487. The van der Waals surface area contributed by atoms with Crippen LogP contribution in [0, 0.1) is 43.1 Å². The summed E-state index contributed by atoms with van der Waals surface area (Å²) in [6.07, 6.45) is 3.28. The first-order chi connectivity index (χ1) is 17.8. The molecule has 1 saturated heterocycles. The standard InChI is InChI=1S/C27H29F3N4O3/c1-16-31-32-17(2)33(16)23-7-8-26(24(30)14-23)36-15-18-3-5-19(6-4-18)27(35)34-25(9-10-37-34)20-11-21(28)13-22(29)12-20/h7-8,11-14,18-19,25H,3-6,9-10,15H2,1-2H3/t18?,19?,25-/m0/s1. The summed E-state index contributed by atoms with van der Waals surface area (Å²) >= 11 is 0. The number of nitrogens with zero attached hydrogens (tertiary/aromatic N) is 4. The van der Waals surface area contributed by atoms with Crippen molar-refractivity contribution in [3.8, 4) is 11.4 Å². The first-order valence-electron chi connectivity index (χ1n) is 12.5. The minimum Gasteiger partial charge on any atom is -0.490 e. The van der Waals surface area contributed by atoms with E-state index in [4.69, 9.17) is 9.57 Å². The van der Waals surface area contributed by atoms with Crippen LogP contribution in [0.5, 0.6) is 5.75 Å². The molecular weight excluding hydrogens is 485 g/mol. The third-order valence-electron chi connectivity index (χ3n) is 7.22. The van der Waals surface area contributed by atoms with Crippen molar-refractivity contribution in [1.29, 1.82) is 0 Å². The van der Waals surface area contributed by atoms with E-state index < -0.39 is 23.5 Å². The molecule has 0 bridgehead atoms. The first-order valence-corrected chi connectivity index (χ1v) is 12.5. The zero-order valence-corrected chi connectivity index (χ0v) is 20.8. The summed E-state index contributed by atoms with van der Waals surface area (Å²) < 4.78 is 49.7.